The van der Waals surface area contributed by atoms with Gasteiger partial charge in [0.1, 0.15) is 19.2 Å². The Morgan fingerprint density at radius 2 is 1.75 bits per heavy atom. The first kappa shape index (κ1) is 18.1. The van der Waals surface area contributed by atoms with Crippen LogP contribution in [0.3, 0.4) is 0 Å². The van der Waals surface area contributed by atoms with Crippen molar-refractivity contribution in [2.45, 2.75) is 19.4 Å². The molecule has 1 atom stereocenters. The predicted octanol–water partition coefficient (Wildman–Crippen LogP) is 3.07. The van der Waals surface area contributed by atoms with Crippen LogP contribution in [0, 0.1) is 5.92 Å². The third-order valence-corrected chi connectivity index (χ3v) is 5.19. The van der Waals surface area contributed by atoms with Crippen LogP contribution in [0.25, 0.3) is 11.1 Å². The maximum Gasteiger partial charge on any atom is 0.244 e. The molecule has 1 aliphatic heterocycles. The van der Waals surface area contributed by atoms with Crippen LogP contribution in [0.4, 0.5) is 0 Å². The number of Topliss-reactive ketones (excluding diaryl/α,β-unsaturated/α-hetero) is 1. The van der Waals surface area contributed by atoms with Crippen LogP contribution >= 0.6 is 0 Å². The second-order valence-corrected chi connectivity index (χ2v) is 7.08. The molecule has 0 aliphatic carbocycles. The molecule has 28 heavy (non-hydrogen) atoms. The van der Waals surface area contributed by atoms with Crippen LogP contribution in [0.1, 0.15) is 23.2 Å². The highest BCUT2D eigenvalue weighted by Gasteiger charge is 2.29. The van der Waals surface area contributed by atoms with E-state index < -0.39 is 0 Å². The number of likely N-dealkylation sites (tertiary alicyclic amines) is 1. The molecule has 0 spiro atoms. The van der Waals surface area contributed by atoms with Gasteiger partial charge in [0.2, 0.25) is 5.91 Å². The molecule has 2 heterocycles. The Morgan fingerprint density at radius 1 is 1.00 bits per heavy atom. The zero-order chi connectivity index (χ0) is 19.3. The number of benzene rings is 2. The predicted molar refractivity (Wildman–Crippen MR) is 106 cm³/mol. The van der Waals surface area contributed by atoms with Gasteiger partial charge in [0.25, 0.3) is 0 Å². The highest BCUT2D eigenvalue weighted by molar-refractivity contribution is 5.98. The Kier molecular flexibility index (Phi) is 5.28. The number of piperidine rings is 1. The van der Waals surface area contributed by atoms with E-state index in [1.165, 1.54) is 17.3 Å². The van der Waals surface area contributed by atoms with Crippen LogP contribution in [0.15, 0.2) is 67.3 Å². The second kappa shape index (κ2) is 8.17. The molecule has 3 aromatic rings. The maximum atomic E-state index is 13.0. The third kappa shape index (κ3) is 4.01. The van der Waals surface area contributed by atoms with E-state index in [-0.39, 0.29) is 24.2 Å². The standard InChI is InChI=1S/C22H22N4O2/c27-21(14-26-16-23-15-24-26)25-12-4-7-20(13-25)22(28)19-10-8-18(9-11-19)17-5-2-1-3-6-17/h1-3,5-6,8-11,15-16,20H,4,7,12-14H2/t20-/m0/s1. The number of hydrogen-bond donors (Lipinski definition) is 0. The van der Waals surface area contributed by atoms with Gasteiger partial charge >= 0.3 is 0 Å². The quantitative estimate of drug-likeness (QED) is 0.644. The molecule has 6 nitrogen and oxygen atoms in total. The van der Waals surface area contributed by atoms with Crippen LogP contribution in [-0.2, 0) is 11.3 Å². The fraction of sp³-hybridized carbons (Fsp3) is 0.273. The number of ketones is 1. The first-order chi connectivity index (χ1) is 13.7. The summed E-state index contributed by atoms with van der Waals surface area (Å²) < 4.78 is 1.51. The molecule has 1 fully saturated rings. The molecular formula is C22H22N4O2. The minimum Gasteiger partial charge on any atom is -0.340 e. The number of hydrogen-bond acceptors (Lipinski definition) is 4. The Bertz CT molecular complexity index is 936. The summed E-state index contributed by atoms with van der Waals surface area (Å²) in [4.78, 5) is 31.1. The molecule has 1 aliphatic rings. The lowest BCUT2D eigenvalue weighted by Gasteiger charge is -2.32. The lowest BCUT2D eigenvalue weighted by atomic mass is 9.89. The van der Waals surface area contributed by atoms with E-state index in [1.54, 1.807) is 4.90 Å². The van der Waals surface area contributed by atoms with Gasteiger partial charge in [-0.15, -0.1) is 0 Å². The topological polar surface area (TPSA) is 68.1 Å². The van der Waals surface area contributed by atoms with Crippen molar-refractivity contribution in [3.63, 3.8) is 0 Å². The van der Waals surface area contributed by atoms with E-state index in [9.17, 15) is 9.59 Å². The lowest BCUT2D eigenvalue weighted by molar-refractivity contribution is -0.133. The highest BCUT2D eigenvalue weighted by Crippen LogP contribution is 2.24. The first-order valence-electron chi connectivity index (χ1n) is 9.50. The Hall–Kier alpha value is -3.28. The summed E-state index contributed by atoms with van der Waals surface area (Å²) in [6.45, 7) is 1.31. The minimum absolute atomic E-state index is 0.0255. The van der Waals surface area contributed by atoms with Crippen LogP contribution in [-0.4, -0.2) is 44.4 Å². The Morgan fingerprint density at radius 3 is 2.46 bits per heavy atom. The highest BCUT2D eigenvalue weighted by atomic mass is 16.2. The monoisotopic (exact) mass is 374 g/mol. The molecule has 0 radical (unpaired) electrons. The molecule has 1 saturated heterocycles. The molecule has 0 unspecified atom stereocenters. The van der Waals surface area contributed by atoms with Crippen molar-refractivity contribution < 1.29 is 9.59 Å². The molecule has 1 amide bonds. The fourth-order valence-corrected chi connectivity index (χ4v) is 3.66. The fourth-order valence-electron chi connectivity index (χ4n) is 3.66. The molecule has 4 rings (SSSR count). The van der Waals surface area contributed by atoms with Crippen LogP contribution < -0.4 is 0 Å². The van der Waals surface area contributed by atoms with Crippen molar-refractivity contribution in [2.75, 3.05) is 13.1 Å². The SMILES string of the molecule is O=C(c1ccc(-c2ccccc2)cc1)[C@H]1CCCN(C(=O)Cn2cncn2)C1. The van der Waals surface area contributed by atoms with Gasteiger partial charge in [0.05, 0.1) is 0 Å². The van der Waals surface area contributed by atoms with E-state index in [1.807, 2.05) is 42.5 Å². The van der Waals surface area contributed by atoms with Gasteiger partial charge in [-0.3, -0.25) is 9.59 Å². The molecule has 142 valence electrons. The van der Waals surface area contributed by atoms with E-state index in [2.05, 4.69) is 22.2 Å². The van der Waals surface area contributed by atoms with Crippen molar-refractivity contribution in [1.82, 2.24) is 19.7 Å². The Labute approximate surface area is 163 Å². The molecule has 2 aromatic carbocycles. The number of rotatable bonds is 5. The minimum atomic E-state index is -0.156. The zero-order valence-corrected chi connectivity index (χ0v) is 15.6. The average Bonchev–Trinajstić information content (AvgIpc) is 3.27. The average molecular weight is 374 g/mol. The second-order valence-electron chi connectivity index (χ2n) is 7.08. The zero-order valence-electron chi connectivity index (χ0n) is 15.6. The van der Waals surface area contributed by atoms with Gasteiger partial charge < -0.3 is 4.90 Å². The molecule has 0 bridgehead atoms. The van der Waals surface area contributed by atoms with Crippen molar-refractivity contribution in [3.05, 3.63) is 72.8 Å². The summed E-state index contributed by atoms with van der Waals surface area (Å²) in [5, 5.41) is 3.98. The van der Waals surface area contributed by atoms with E-state index >= 15 is 0 Å². The molecule has 0 N–H and O–H groups in total. The van der Waals surface area contributed by atoms with Gasteiger partial charge in [0.15, 0.2) is 5.78 Å². The number of aromatic nitrogens is 3. The summed E-state index contributed by atoms with van der Waals surface area (Å²) in [5.74, 6) is -0.0729. The summed E-state index contributed by atoms with van der Waals surface area (Å²) in [6.07, 6.45) is 4.58. The lowest BCUT2D eigenvalue weighted by Crippen LogP contribution is -2.43. The largest absolute Gasteiger partial charge is 0.340 e. The summed E-state index contributed by atoms with van der Waals surface area (Å²) in [5.41, 5.74) is 2.92. The number of nitrogens with zero attached hydrogens (tertiary/aromatic N) is 4. The van der Waals surface area contributed by atoms with Crippen molar-refractivity contribution in [3.8, 4) is 11.1 Å². The van der Waals surface area contributed by atoms with Crippen LogP contribution in [0.2, 0.25) is 0 Å². The van der Waals surface area contributed by atoms with Crippen LogP contribution in [0.5, 0.6) is 0 Å². The number of carbonyl (C=O) groups is 2. The smallest absolute Gasteiger partial charge is 0.244 e. The van der Waals surface area contributed by atoms with Gasteiger partial charge in [0, 0.05) is 24.6 Å². The van der Waals surface area contributed by atoms with Crippen molar-refractivity contribution in [2.24, 2.45) is 5.92 Å². The summed E-state index contributed by atoms with van der Waals surface area (Å²) >= 11 is 0. The number of amides is 1. The molecule has 1 aromatic heterocycles. The third-order valence-electron chi connectivity index (χ3n) is 5.19. The van der Waals surface area contributed by atoms with Gasteiger partial charge in [-0.2, -0.15) is 5.10 Å². The molecular weight excluding hydrogens is 352 g/mol. The van der Waals surface area contributed by atoms with Crippen molar-refractivity contribution in [1.29, 1.82) is 0 Å². The maximum absolute atomic E-state index is 13.0. The van der Waals surface area contributed by atoms with Gasteiger partial charge in [-0.1, -0.05) is 54.6 Å². The van der Waals surface area contributed by atoms with Crippen molar-refractivity contribution >= 4 is 11.7 Å². The Balaban J connectivity index is 1.42. The molecule has 0 saturated carbocycles. The normalized spacial score (nSPS) is 16.7. The molecule has 6 heteroatoms. The van der Waals surface area contributed by atoms with Gasteiger partial charge in [-0.25, -0.2) is 9.67 Å². The van der Waals surface area contributed by atoms with Gasteiger partial charge in [-0.05, 0) is 24.0 Å². The summed E-state index contributed by atoms with van der Waals surface area (Å²) in [7, 11) is 0. The summed E-state index contributed by atoms with van der Waals surface area (Å²) in [6, 6.07) is 17.8. The van der Waals surface area contributed by atoms with E-state index in [4.69, 9.17) is 0 Å². The first-order valence-corrected chi connectivity index (χ1v) is 9.50. The number of carbonyl (C=O) groups excluding carboxylic acids is 2. The van der Waals surface area contributed by atoms with E-state index in [0.29, 0.717) is 18.7 Å². The van der Waals surface area contributed by atoms with E-state index in [0.717, 1.165) is 24.0 Å².